The second kappa shape index (κ2) is 5.16. The molecule has 0 N–H and O–H groups in total. The van der Waals surface area contributed by atoms with E-state index in [0.717, 1.165) is 38.0 Å². The van der Waals surface area contributed by atoms with E-state index in [1.54, 1.807) is 12.5 Å². The van der Waals surface area contributed by atoms with Gasteiger partial charge in [0.05, 0.1) is 25.6 Å². The molecule has 4 heteroatoms. The predicted molar refractivity (Wildman–Crippen MR) is 58.7 cm³/mol. The maximum absolute atomic E-state index is 11.4. The third-order valence-corrected chi connectivity index (χ3v) is 3.03. The molecule has 1 aliphatic heterocycles. The third kappa shape index (κ3) is 2.64. The van der Waals surface area contributed by atoms with Gasteiger partial charge in [-0.1, -0.05) is 0 Å². The SMILES string of the molecule is COC(=O)[C@H]1CCCN(Cc2ccoc2)C1. The minimum atomic E-state index is -0.0862. The molecule has 2 heterocycles. The van der Waals surface area contributed by atoms with E-state index in [1.165, 1.54) is 7.11 Å². The van der Waals surface area contributed by atoms with Gasteiger partial charge in [-0.25, -0.2) is 0 Å². The van der Waals surface area contributed by atoms with Crippen molar-refractivity contribution >= 4 is 5.97 Å². The second-order valence-corrected chi connectivity index (χ2v) is 4.23. The van der Waals surface area contributed by atoms with Crippen molar-refractivity contribution in [2.24, 2.45) is 5.92 Å². The fourth-order valence-corrected chi connectivity index (χ4v) is 2.20. The Balaban J connectivity index is 1.89. The van der Waals surface area contributed by atoms with Gasteiger partial charge in [0.25, 0.3) is 0 Å². The number of likely N-dealkylation sites (tertiary alicyclic amines) is 1. The first-order chi connectivity index (χ1) is 7.79. The van der Waals surface area contributed by atoms with Crippen LogP contribution in [-0.4, -0.2) is 31.1 Å². The lowest BCUT2D eigenvalue weighted by Gasteiger charge is -2.30. The first-order valence-electron chi connectivity index (χ1n) is 5.61. The van der Waals surface area contributed by atoms with E-state index in [9.17, 15) is 4.79 Å². The number of piperidine rings is 1. The summed E-state index contributed by atoms with van der Waals surface area (Å²) in [5, 5.41) is 0. The van der Waals surface area contributed by atoms with Crippen molar-refractivity contribution in [1.29, 1.82) is 0 Å². The van der Waals surface area contributed by atoms with Gasteiger partial charge in [-0.3, -0.25) is 9.69 Å². The zero-order valence-electron chi connectivity index (χ0n) is 9.52. The van der Waals surface area contributed by atoms with E-state index in [2.05, 4.69) is 4.90 Å². The predicted octanol–water partition coefficient (Wildman–Crippen LogP) is 1.66. The lowest BCUT2D eigenvalue weighted by atomic mass is 9.98. The Morgan fingerprint density at radius 1 is 1.69 bits per heavy atom. The van der Waals surface area contributed by atoms with Crippen molar-refractivity contribution in [3.05, 3.63) is 24.2 Å². The van der Waals surface area contributed by atoms with Gasteiger partial charge in [0.15, 0.2) is 0 Å². The number of esters is 1. The molecule has 0 unspecified atom stereocenters. The Kier molecular flexibility index (Phi) is 3.62. The molecule has 0 aliphatic carbocycles. The van der Waals surface area contributed by atoms with Crippen molar-refractivity contribution in [2.75, 3.05) is 20.2 Å². The van der Waals surface area contributed by atoms with Crippen LogP contribution >= 0.6 is 0 Å². The molecule has 0 saturated carbocycles. The van der Waals surface area contributed by atoms with Gasteiger partial charge < -0.3 is 9.15 Å². The normalized spacial score (nSPS) is 21.9. The Bertz CT molecular complexity index is 334. The van der Waals surface area contributed by atoms with Crippen molar-refractivity contribution in [2.45, 2.75) is 19.4 Å². The van der Waals surface area contributed by atoms with Crippen LogP contribution in [0.1, 0.15) is 18.4 Å². The molecule has 1 aromatic heterocycles. The molecule has 2 rings (SSSR count). The zero-order chi connectivity index (χ0) is 11.4. The summed E-state index contributed by atoms with van der Waals surface area (Å²) in [4.78, 5) is 13.7. The molecule has 0 aromatic carbocycles. The number of carbonyl (C=O) groups excluding carboxylic acids is 1. The number of ether oxygens (including phenoxy) is 1. The lowest BCUT2D eigenvalue weighted by molar-refractivity contribution is -0.147. The van der Waals surface area contributed by atoms with E-state index < -0.39 is 0 Å². The molecule has 1 fully saturated rings. The van der Waals surface area contributed by atoms with Crippen LogP contribution < -0.4 is 0 Å². The van der Waals surface area contributed by atoms with Crippen LogP contribution in [0.15, 0.2) is 23.0 Å². The number of methoxy groups -OCH3 is 1. The molecule has 0 amide bonds. The summed E-state index contributed by atoms with van der Waals surface area (Å²) in [7, 11) is 1.46. The molecule has 0 spiro atoms. The molecular weight excluding hydrogens is 206 g/mol. The number of furan rings is 1. The van der Waals surface area contributed by atoms with Crippen LogP contribution in [-0.2, 0) is 16.1 Å². The highest BCUT2D eigenvalue weighted by Gasteiger charge is 2.26. The Hall–Kier alpha value is -1.29. The van der Waals surface area contributed by atoms with Crippen molar-refractivity contribution in [1.82, 2.24) is 4.90 Å². The van der Waals surface area contributed by atoms with Crippen LogP contribution in [0.25, 0.3) is 0 Å². The van der Waals surface area contributed by atoms with Gasteiger partial charge in [-0.05, 0) is 25.5 Å². The molecule has 1 aliphatic rings. The average molecular weight is 223 g/mol. The molecule has 0 radical (unpaired) electrons. The summed E-state index contributed by atoms with van der Waals surface area (Å²) in [6.45, 7) is 2.68. The summed E-state index contributed by atoms with van der Waals surface area (Å²) in [6, 6.07) is 1.96. The topological polar surface area (TPSA) is 42.7 Å². The van der Waals surface area contributed by atoms with Crippen molar-refractivity contribution in [3.63, 3.8) is 0 Å². The van der Waals surface area contributed by atoms with Gasteiger partial charge in [0.1, 0.15) is 0 Å². The summed E-state index contributed by atoms with van der Waals surface area (Å²) in [6.07, 6.45) is 5.42. The Morgan fingerprint density at radius 2 is 2.56 bits per heavy atom. The first kappa shape index (κ1) is 11.2. The quantitative estimate of drug-likeness (QED) is 0.731. The van der Waals surface area contributed by atoms with Crippen molar-refractivity contribution in [3.8, 4) is 0 Å². The van der Waals surface area contributed by atoms with Crippen LogP contribution in [0.3, 0.4) is 0 Å². The average Bonchev–Trinajstić information content (AvgIpc) is 2.81. The van der Waals surface area contributed by atoms with E-state index >= 15 is 0 Å². The minimum absolute atomic E-state index is 0.0330. The van der Waals surface area contributed by atoms with Crippen LogP contribution in [0.4, 0.5) is 0 Å². The maximum atomic E-state index is 11.4. The van der Waals surface area contributed by atoms with Crippen molar-refractivity contribution < 1.29 is 13.9 Å². The molecule has 88 valence electrons. The standard InChI is InChI=1S/C12H17NO3/c1-15-12(14)11-3-2-5-13(8-11)7-10-4-6-16-9-10/h4,6,9,11H,2-3,5,7-8H2,1H3/t11-/m0/s1. The number of hydrogen-bond acceptors (Lipinski definition) is 4. The number of hydrogen-bond donors (Lipinski definition) is 0. The number of nitrogens with zero attached hydrogens (tertiary/aromatic N) is 1. The summed E-state index contributed by atoms with van der Waals surface area (Å²) in [5.74, 6) is -0.0532. The first-order valence-corrected chi connectivity index (χ1v) is 5.61. The van der Waals surface area contributed by atoms with Gasteiger partial charge >= 0.3 is 5.97 Å². The highest BCUT2D eigenvalue weighted by Crippen LogP contribution is 2.19. The summed E-state index contributed by atoms with van der Waals surface area (Å²) in [5.41, 5.74) is 1.16. The molecule has 1 saturated heterocycles. The molecular formula is C12H17NO3. The van der Waals surface area contributed by atoms with Crippen LogP contribution in [0.5, 0.6) is 0 Å². The fourth-order valence-electron chi connectivity index (χ4n) is 2.20. The Morgan fingerprint density at radius 3 is 3.25 bits per heavy atom. The molecule has 1 aromatic rings. The molecule has 0 bridgehead atoms. The summed E-state index contributed by atoms with van der Waals surface area (Å²) >= 11 is 0. The highest BCUT2D eigenvalue weighted by molar-refractivity contribution is 5.72. The zero-order valence-corrected chi connectivity index (χ0v) is 9.52. The molecule has 4 nitrogen and oxygen atoms in total. The van der Waals surface area contributed by atoms with E-state index in [1.807, 2.05) is 6.07 Å². The molecule has 16 heavy (non-hydrogen) atoms. The monoisotopic (exact) mass is 223 g/mol. The van der Waals surface area contributed by atoms with Gasteiger partial charge in [0, 0.05) is 18.7 Å². The maximum Gasteiger partial charge on any atom is 0.309 e. The summed E-state index contributed by atoms with van der Waals surface area (Å²) < 4.78 is 9.82. The van der Waals surface area contributed by atoms with E-state index in [4.69, 9.17) is 9.15 Å². The van der Waals surface area contributed by atoms with Gasteiger partial charge in [-0.15, -0.1) is 0 Å². The van der Waals surface area contributed by atoms with Gasteiger partial charge in [-0.2, -0.15) is 0 Å². The Labute approximate surface area is 95.2 Å². The number of rotatable bonds is 3. The third-order valence-electron chi connectivity index (χ3n) is 3.03. The van der Waals surface area contributed by atoms with Crippen LogP contribution in [0.2, 0.25) is 0 Å². The van der Waals surface area contributed by atoms with E-state index in [0.29, 0.717) is 0 Å². The fraction of sp³-hybridized carbons (Fsp3) is 0.583. The van der Waals surface area contributed by atoms with E-state index in [-0.39, 0.29) is 11.9 Å². The smallest absolute Gasteiger partial charge is 0.309 e. The molecule has 1 atom stereocenters. The van der Waals surface area contributed by atoms with Gasteiger partial charge in [0.2, 0.25) is 0 Å². The lowest BCUT2D eigenvalue weighted by Crippen LogP contribution is -2.38. The minimum Gasteiger partial charge on any atom is -0.472 e. The van der Waals surface area contributed by atoms with Crippen LogP contribution in [0, 0.1) is 5.92 Å². The highest BCUT2D eigenvalue weighted by atomic mass is 16.5. The second-order valence-electron chi connectivity index (χ2n) is 4.23. The largest absolute Gasteiger partial charge is 0.472 e. The number of carbonyl (C=O) groups is 1.